The maximum absolute atomic E-state index is 12.4. The highest BCUT2D eigenvalue weighted by atomic mass is 32.2. The Morgan fingerprint density at radius 1 is 1.13 bits per heavy atom. The molecule has 3 rings (SSSR count). The van der Waals surface area contributed by atoms with Gasteiger partial charge >= 0.3 is 0 Å². The summed E-state index contributed by atoms with van der Waals surface area (Å²) in [6, 6.07) is 10.5. The molecule has 23 heavy (non-hydrogen) atoms. The molecule has 1 aromatic rings. The molecule has 0 N–H and O–H groups in total. The van der Waals surface area contributed by atoms with Crippen molar-refractivity contribution in [3.8, 4) is 0 Å². The maximum atomic E-state index is 12.4. The van der Waals surface area contributed by atoms with Crippen LogP contribution in [0, 0.1) is 11.8 Å². The van der Waals surface area contributed by atoms with Crippen LogP contribution >= 0.6 is 0 Å². The molecule has 1 amide bonds. The lowest BCUT2D eigenvalue weighted by Gasteiger charge is -2.41. The van der Waals surface area contributed by atoms with E-state index in [1.807, 2.05) is 11.0 Å². The van der Waals surface area contributed by atoms with Crippen LogP contribution < -0.4 is 0 Å². The minimum Gasteiger partial charge on any atom is -0.342 e. The second-order valence-corrected chi connectivity index (χ2v) is 8.72. The molecule has 0 saturated carbocycles. The van der Waals surface area contributed by atoms with Crippen LogP contribution in [-0.2, 0) is 21.2 Å². The lowest BCUT2D eigenvalue weighted by Crippen LogP contribution is -2.56. The van der Waals surface area contributed by atoms with E-state index in [9.17, 15) is 13.2 Å². The van der Waals surface area contributed by atoms with Crippen molar-refractivity contribution in [2.75, 3.05) is 32.4 Å². The Labute approximate surface area is 138 Å². The van der Waals surface area contributed by atoms with Gasteiger partial charge in [0, 0.05) is 26.2 Å². The number of piperidine rings is 1. The second-order valence-electron chi connectivity index (χ2n) is 6.74. The van der Waals surface area contributed by atoms with E-state index in [1.165, 1.54) is 16.1 Å². The summed E-state index contributed by atoms with van der Waals surface area (Å²) in [6.45, 7) is 2.29. The molecule has 0 bridgehead atoms. The van der Waals surface area contributed by atoms with Crippen molar-refractivity contribution in [2.24, 2.45) is 11.8 Å². The number of hydrogen-bond donors (Lipinski definition) is 0. The Balaban J connectivity index is 1.45. The molecule has 2 saturated heterocycles. The third kappa shape index (κ3) is 3.93. The van der Waals surface area contributed by atoms with Gasteiger partial charge in [-0.3, -0.25) is 4.79 Å². The molecule has 0 atom stereocenters. The van der Waals surface area contributed by atoms with Crippen LogP contribution in [0.2, 0.25) is 0 Å². The topological polar surface area (TPSA) is 57.7 Å². The van der Waals surface area contributed by atoms with E-state index in [0.29, 0.717) is 19.0 Å². The number of sulfonamides is 1. The van der Waals surface area contributed by atoms with Gasteiger partial charge < -0.3 is 4.90 Å². The number of carbonyl (C=O) groups excluding carboxylic acids is 1. The summed E-state index contributed by atoms with van der Waals surface area (Å²) >= 11 is 0. The SMILES string of the molecule is CS(=O)(=O)N1CC(C(=O)N2CCC(Cc3ccccc3)CC2)C1. The zero-order valence-electron chi connectivity index (χ0n) is 13.5. The van der Waals surface area contributed by atoms with Crippen LogP contribution in [-0.4, -0.2) is 56.0 Å². The first kappa shape index (κ1) is 16.5. The van der Waals surface area contributed by atoms with Gasteiger partial charge in [0.1, 0.15) is 0 Å². The standard InChI is InChI=1S/C17H24N2O3S/c1-23(21,22)19-12-16(13-19)17(20)18-9-7-15(8-10-18)11-14-5-3-2-4-6-14/h2-6,15-16H,7-13H2,1H3. The van der Waals surface area contributed by atoms with Gasteiger partial charge in [0.2, 0.25) is 15.9 Å². The number of amides is 1. The largest absolute Gasteiger partial charge is 0.342 e. The summed E-state index contributed by atoms with van der Waals surface area (Å²) in [7, 11) is -3.14. The summed E-state index contributed by atoms with van der Waals surface area (Å²) < 4.78 is 24.1. The van der Waals surface area contributed by atoms with E-state index >= 15 is 0 Å². The van der Waals surface area contributed by atoms with Gasteiger partial charge in [0.25, 0.3) is 0 Å². The highest BCUT2D eigenvalue weighted by molar-refractivity contribution is 7.88. The van der Waals surface area contributed by atoms with E-state index in [2.05, 4.69) is 24.3 Å². The smallest absolute Gasteiger partial charge is 0.228 e. The zero-order chi connectivity index (χ0) is 16.4. The van der Waals surface area contributed by atoms with E-state index in [4.69, 9.17) is 0 Å². The molecule has 1 aromatic carbocycles. The summed E-state index contributed by atoms with van der Waals surface area (Å²) in [5.41, 5.74) is 1.36. The Hall–Kier alpha value is -1.40. The molecule has 2 heterocycles. The van der Waals surface area contributed by atoms with E-state index in [-0.39, 0.29) is 11.8 Å². The molecule has 0 unspecified atom stereocenters. The van der Waals surface area contributed by atoms with Gasteiger partial charge in [-0.25, -0.2) is 12.7 Å². The molecule has 0 aliphatic carbocycles. The minimum absolute atomic E-state index is 0.128. The van der Waals surface area contributed by atoms with Gasteiger partial charge in [0.15, 0.2) is 0 Å². The van der Waals surface area contributed by atoms with E-state index in [1.54, 1.807) is 0 Å². The lowest BCUT2D eigenvalue weighted by molar-refractivity contribution is -0.140. The van der Waals surface area contributed by atoms with Gasteiger partial charge in [-0.1, -0.05) is 30.3 Å². The number of hydrogen-bond acceptors (Lipinski definition) is 3. The predicted octanol–water partition coefficient (Wildman–Crippen LogP) is 1.36. The summed E-state index contributed by atoms with van der Waals surface area (Å²) in [5, 5.41) is 0. The van der Waals surface area contributed by atoms with Gasteiger partial charge in [-0.15, -0.1) is 0 Å². The quantitative estimate of drug-likeness (QED) is 0.834. The molecule has 2 aliphatic rings. The van der Waals surface area contributed by atoms with Crippen LogP contribution in [0.25, 0.3) is 0 Å². The molecule has 126 valence electrons. The van der Waals surface area contributed by atoms with Gasteiger partial charge in [-0.2, -0.15) is 0 Å². The molecule has 5 nitrogen and oxygen atoms in total. The van der Waals surface area contributed by atoms with Crippen molar-refractivity contribution < 1.29 is 13.2 Å². The van der Waals surface area contributed by atoms with Crippen LogP contribution in [0.5, 0.6) is 0 Å². The van der Waals surface area contributed by atoms with Gasteiger partial charge in [0.05, 0.1) is 12.2 Å². The molecule has 0 spiro atoms. The zero-order valence-corrected chi connectivity index (χ0v) is 14.3. The Bertz CT molecular complexity index is 646. The maximum Gasteiger partial charge on any atom is 0.228 e. The molecule has 2 aliphatic heterocycles. The fourth-order valence-electron chi connectivity index (χ4n) is 3.43. The monoisotopic (exact) mass is 336 g/mol. The van der Waals surface area contributed by atoms with Gasteiger partial charge in [-0.05, 0) is 30.7 Å². The summed E-state index contributed by atoms with van der Waals surface area (Å²) in [5.74, 6) is 0.619. The van der Waals surface area contributed by atoms with Crippen molar-refractivity contribution in [1.29, 1.82) is 0 Å². The highest BCUT2D eigenvalue weighted by Gasteiger charge is 2.40. The number of rotatable bonds is 4. The second kappa shape index (κ2) is 6.61. The Morgan fingerprint density at radius 3 is 2.30 bits per heavy atom. The van der Waals surface area contributed by atoms with E-state index < -0.39 is 10.0 Å². The summed E-state index contributed by atoms with van der Waals surface area (Å²) in [6.07, 6.45) is 4.34. The van der Waals surface area contributed by atoms with Crippen LogP contribution in [0.3, 0.4) is 0 Å². The van der Waals surface area contributed by atoms with Crippen LogP contribution in [0.15, 0.2) is 30.3 Å². The van der Waals surface area contributed by atoms with Crippen molar-refractivity contribution in [1.82, 2.24) is 9.21 Å². The molecule has 2 fully saturated rings. The molecular weight excluding hydrogens is 312 g/mol. The number of carbonyl (C=O) groups is 1. The fourth-order valence-corrected chi connectivity index (χ4v) is 4.33. The normalized spacial score (nSPS) is 21.2. The number of likely N-dealkylation sites (tertiary alicyclic amines) is 1. The highest BCUT2D eigenvalue weighted by Crippen LogP contribution is 2.26. The van der Waals surface area contributed by atoms with E-state index in [0.717, 1.165) is 32.4 Å². The average molecular weight is 336 g/mol. The van der Waals surface area contributed by atoms with Crippen molar-refractivity contribution in [3.05, 3.63) is 35.9 Å². The lowest BCUT2D eigenvalue weighted by atomic mass is 9.89. The fraction of sp³-hybridized carbons (Fsp3) is 0.588. The molecule has 0 aromatic heterocycles. The van der Waals surface area contributed by atoms with Crippen LogP contribution in [0.4, 0.5) is 0 Å². The first-order chi connectivity index (χ1) is 10.9. The molecular formula is C17H24N2O3S. The number of nitrogens with zero attached hydrogens (tertiary/aromatic N) is 2. The van der Waals surface area contributed by atoms with Crippen LogP contribution in [0.1, 0.15) is 18.4 Å². The third-order valence-corrected chi connectivity index (χ3v) is 6.20. The van der Waals surface area contributed by atoms with Crippen molar-refractivity contribution >= 4 is 15.9 Å². The summed E-state index contributed by atoms with van der Waals surface area (Å²) in [4.78, 5) is 14.3. The Morgan fingerprint density at radius 2 is 1.74 bits per heavy atom. The molecule has 0 radical (unpaired) electrons. The first-order valence-corrected chi connectivity index (χ1v) is 10.1. The first-order valence-electron chi connectivity index (χ1n) is 8.21. The minimum atomic E-state index is -3.14. The number of benzene rings is 1. The predicted molar refractivity (Wildman–Crippen MR) is 89.4 cm³/mol. The van der Waals surface area contributed by atoms with Crippen molar-refractivity contribution in [3.63, 3.8) is 0 Å². The molecule has 6 heteroatoms. The van der Waals surface area contributed by atoms with Crippen molar-refractivity contribution in [2.45, 2.75) is 19.3 Å². The Kier molecular flexibility index (Phi) is 4.73. The third-order valence-electron chi connectivity index (χ3n) is 4.96. The average Bonchev–Trinajstić information content (AvgIpc) is 2.46.